The first-order valence-electron chi connectivity index (χ1n) is 11.4. The maximum Gasteiger partial charge on any atom is 0.221 e. The van der Waals surface area contributed by atoms with Crippen LogP contribution in [0.4, 0.5) is 10.1 Å². The van der Waals surface area contributed by atoms with Gasteiger partial charge in [0.15, 0.2) is 23.0 Å². The topological polar surface area (TPSA) is 97.3 Å². The molecule has 4 aromatic carbocycles. The summed E-state index contributed by atoms with van der Waals surface area (Å²) in [5.41, 5.74) is 2.50. The van der Waals surface area contributed by atoms with E-state index in [1.165, 1.54) is 39.3 Å². The molecule has 37 heavy (non-hydrogen) atoms. The van der Waals surface area contributed by atoms with E-state index in [0.29, 0.717) is 16.7 Å². The van der Waals surface area contributed by atoms with Crippen LogP contribution in [0.15, 0.2) is 72.8 Å². The highest BCUT2D eigenvalue weighted by atomic mass is 19.1. The van der Waals surface area contributed by atoms with Crippen LogP contribution >= 0.6 is 0 Å². The molecule has 0 aliphatic heterocycles. The van der Waals surface area contributed by atoms with E-state index in [4.69, 9.17) is 14.2 Å². The lowest BCUT2D eigenvalue weighted by atomic mass is 9.96. The number of amides is 1. The molecule has 190 valence electrons. The third kappa shape index (κ3) is 5.43. The number of hydrogen-bond donors (Lipinski definition) is 3. The maximum atomic E-state index is 14.6. The molecule has 0 saturated carbocycles. The van der Waals surface area contributed by atoms with Crippen molar-refractivity contribution in [1.82, 2.24) is 0 Å². The summed E-state index contributed by atoms with van der Waals surface area (Å²) in [5.74, 6) is -0.761. The van der Waals surface area contributed by atoms with E-state index in [2.05, 4.69) is 5.32 Å². The summed E-state index contributed by atoms with van der Waals surface area (Å²) in [4.78, 5) is 11.3. The van der Waals surface area contributed by atoms with E-state index in [-0.39, 0.29) is 46.6 Å². The van der Waals surface area contributed by atoms with Gasteiger partial charge in [-0.05, 0) is 47.0 Å². The monoisotopic (exact) mass is 503 g/mol. The van der Waals surface area contributed by atoms with E-state index < -0.39 is 11.7 Å². The minimum Gasteiger partial charge on any atom is -0.504 e. The van der Waals surface area contributed by atoms with Crippen LogP contribution in [0.5, 0.6) is 28.7 Å². The summed E-state index contributed by atoms with van der Waals surface area (Å²) in [6, 6.07) is 20.1. The van der Waals surface area contributed by atoms with Gasteiger partial charge in [-0.2, -0.15) is 0 Å². The molecule has 0 heterocycles. The number of nitrogens with one attached hydrogen (secondary N) is 1. The molecule has 0 aliphatic rings. The van der Waals surface area contributed by atoms with Gasteiger partial charge in [0.25, 0.3) is 0 Å². The number of phenolic OH excluding ortho intramolecular Hbond substituents is 2. The summed E-state index contributed by atoms with van der Waals surface area (Å²) in [7, 11) is 2.82. The van der Waals surface area contributed by atoms with Gasteiger partial charge >= 0.3 is 0 Å². The van der Waals surface area contributed by atoms with Crippen molar-refractivity contribution >= 4 is 11.6 Å². The summed E-state index contributed by atoms with van der Waals surface area (Å²) in [6.07, 6.45) is 0. The van der Waals surface area contributed by atoms with Gasteiger partial charge in [0.05, 0.1) is 25.5 Å². The lowest BCUT2D eigenvalue weighted by Gasteiger charge is -2.19. The molecule has 1 amide bonds. The average molecular weight is 504 g/mol. The number of hydrogen-bond acceptors (Lipinski definition) is 6. The zero-order valence-corrected chi connectivity index (χ0v) is 20.5. The number of halogens is 1. The molecule has 0 fully saturated rings. The molecule has 0 spiro atoms. The number of aromatic hydroxyl groups is 2. The maximum absolute atomic E-state index is 14.6. The van der Waals surface area contributed by atoms with Gasteiger partial charge < -0.3 is 29.7 Å². The third-order valence-electron chi connectivity index (χ3n) is 5.72. The molecule has 0 aliphatic carbocycles. The number of benzene rings is 4. The van der Waals surface area contributed by atoms with Crippen molar-refractivity contribution < 1.29 is 33.6 Å². The number of ether oxygens (including phenoxy) is 3. The summed E-state index contributed by atoms with van der Waals surface area (Å²) < 4.78 is 31.4. The van der Waals surface area contributed by atoms with E-state index >= 15 is 0 Å². The molecule has 0 unspecified atom stereocenters. The summed E-state index contributed by atoms with van der Waals surface area (Å²) >= 11 is 0. The van der Waals surface area contributed by atoms with Crippen molar-refractivity contribution in [1.29, 1.82) is 0 Å². The van der Waals surface area contributed by atoms with Crippen molar-refractivity contribution in [3.05, 3.63) is 84.2 Å². The Hall–Kier alpha value is -4.72. The summed E-state index contributed by atoms with van der Waals surface area (Å²) in [5, 5.41) is 24.2. The van der Waals surface area contributed by atoms with Crippen molar-refractivity contribution in [2.24, 2.45) is 0 Å². The van der Waals surface area contributed by atoms with Gasteiger partial charge in [0.1, 0.15) is 18.2 Å². The first-order valence-corrected chi connectivity index (χ1v) is 11.4. The SMILES string of the molecule is COc1cc(-c2ccc(NC(C)=O)c(F)c2)c(OC)c(O)c1-c1ccc(OCc2ccccc2)c(O)c1. The van der Waals surface area contributed by atoms with Crippen LogP contribution < -0.4 is 19.5 Å². The Morgan fingerprint density at radius 1 is 0.892 bits per heavy atom. The largest absolute Gasteiger partial charge is 0.504 e. The van der Waals surface area contributed by atoms with Crippen LogP contribution in [0.25, 0.3) is 22.3 Å². The molecule has 3 N–H and O–H groups in total. The first kappa shape index (κ1) is 25.4. The predicted molar refractivity (Wildman–Crippen MR) is 139 cm³/mol. The lowest BCUT2D eigenvalue weighted by Crippen LogP contribution is -2.07. The van der Waals surface area contributed by atoms with Crippen molar-refractivity contribution in [2.75, 3.05) is 19.5 Å². The van der Waals surface area contributed by atoms with Gasteiger partial charge in [-0.15, -0.1) is 0 Å². The number of methoxy groups -OCH3 is 2. The number of rotatable bonds is 8. The van der Waals surface area contributed by atoms with Gasteiger partial charge in [-0.25, -0.2) is 4.39 Å². The van der Waals surface area contributed by atoms with Crippen molar-refractivity contribution in [3.63, 3.8) is 0 Å². The van der Waals surface area contributed by atoms with E-state index in [1.54, 1.807) is 24.3 Å². The molecule has 4 aromatic rings. The fourth-order valence-corrected chi connectivity index (χ4v) is 3.99. The molecule has 0 bridgehead atoms. The van der Waals surface area contributed by atoms with Crippen LogP contribution in [0, 0.1) is 5.82 Å². The molecule has 4 rings (SSSR count). The second-order valence-corrected chi connectivity index (χ2v) is 8.22. The van der Waals surface area contributed by atoms with Crippen molar-refractivity contribution in [2.45, 2.75) is 13.5 Å². The minimum absolute atomic E-state index is 0.0353. The molecule has 8 heteroatoms. The standard InChI is InChI=1S/C29H26FNO6/c1-17(32)31-23-11-9-19(13-22(23)30)21-15-26(35-2)27(28(34)29(21)36-3)20-10-12-25(24(33)14-20)37-16-18-7-5-4-6-8-18/h4-15,33-34H,16H2,1-3H3,(H,31,32). The minimum atomic E-state index is -0.645. The highest BCUT2D eigenvalue weighted by molar-refractivity contribution is 5.91. The van der Waals surface area contributed by atoms with Crippen LogP contribution in [0.3, 0.4) is 0 Å². The highest BCUT2D eigenvalue weighted by Crippen LogP contribution is 2.50. The lowest BCUT2D eigenvalue weighted by molar-refractivity contribution is -0.114. The highest BCUT2D eigenvalue weighted by Gasteiger charge is 2.23. The number of phenols is 2. The van der Waals surface area contributed by atoms with Gasteiger partial charge in [0.2, 0.25) is 5.91 Å². The normalized spacial score (nSPS) is 10.6. The second-order valence-electron chi connectivity index (χ2n) is 8.22. The Balaban J connectivity index is 1.71. The van der Waals surface area contributed by atoms with Crippen LogP contribution in [0.1, 0.15) is 12.5 Å². The quantitative estimate of drug-likeness (QED) is 0.268. The average Bonchev–Trinajstić information content (AvgIpc) is 2.89. The zero-order valence-electron chi connectivity index (χ0n) is 20.5. The smallest absolute Gasteiger partial charge is 0.221 e. The predicted octanol–water partition coefficient (Wildman–Crippen LogP) is 6.13. The van der Waals surface area contributed by atoms with Crippen LogP contribution in [-0.2, 0) is 11.4 Å². The Morgan fingerprint density at radius 2 is 1.62 bits per heavy atom. The Morgan fingerprint density at radius 3 is 2.24 bits per heavy atom. The molecule has 7 nitrogen and oxygen atoms in total. The first-order chi connectivity index (χ1) is 17.8. The molecule has 0 radical (unpaired) electrons. The van der Waals surface area contributed by atoms with E-state index in [1.807, 2.05) is 30.3 Å². The second kappa shape index (κ2) is 10.9. The number of anilines is 1. The van der Waals surface area contributed by atoms with Crippen LogP contribution in [0.2, 0.25) is 0 Å². The van der Waals surface area contributed by atoms with E-state index in [9.17, 15) is 19.4 Å². The fraction of sp³-hybridized carbons (Fsp3) is 0.138. The van der Waals surface area contributed by atoms with Crippen LogP contribution in [-0.4, -0.2) is 30.3 Å². The number of carbonyl (C=O) groups is 1. The summed E-state index contributed by atoms with van der Waals surface area (Å²) in [6.45, 7) is 1.57. The third-order valence-corrected chi connectivity index (χ3v) is 5.72. The van der Waals surface area contributed by atoms with Gasteiger partial charge in [-0.3, -0.25) is 4.79 Å². The molecule has 0 atom stereocenters. The molecular formula is C29H26FNO6. The molecule has 0 saturated heterocycles. The Labute approximate surface area is 213 Å². The molecular weight excluding hydrogens is 477 g/mol. The van der Waals surface area contributed by atoms with E-state index in [0.717, 1.165) is 5.56 Å². The van der Waals surface area contributed by atoms with Gasteiger partial charge in [0, 0.05) is 12.5 Å². The Kier molecular flexibility index (Phi) is 7.48. The molecule has 0 aromatic heterocycles. The Bertz CT molecular complexity index is 1440. The fourth-order valence-electron chi connectivity index (χ4n) is 3.99. The van der Waals surface area contributed by atoms with Crippen molar-refractivity contribution in [3.8, 4) is 51.0 Å². The van der Waals surface area contributed by atoms with Gasteiger partial charge in [-0.1, -0.05) is 42.5 Å². The number of carbonyl (C=O) groups excluding carboxylic acids is 1. The zero-order chi connectivity index (χ0) is 26.5.